The largest absolute Gasteiger partial charge is 0.464 e. The zero-order chi connectivity index (χ0) is 16.6. The van der Waals surface area contributed by atoms with E-state index in [9.17, 15) is 14.4 Å². The minimum absolute atomic E-state index is 0.194. The van der Waals surface area contributed by atoms with Gasteiger partial charge >= 0.3 is 11.9 Å². The fourth-order valence-corrected chi connectivity index (χ4v) is 2.11. The molecule has 0 aliphatic carbocycles. The van der Waals surface area contributed by atoms with Crippen molar-refractivity contribution in [3.8, 4) is 0 Å². The number of ether oxygens (including phenoxy) is 2. The van der Waals surface area contributed by atoms with Crippen LogP contribution < -0.4 is 10.7 Å². The monoisotopic (exact) mass is 315 g/mol. The van der Waals surface area contributed by atoms with Crippen LogP contribution in [0.5, 0.6) is 0 Å². The first kappa shape index (κ1) is 14.8. The summed E-state index contributed by atoms with van der Waals surface area (Å²) in [6.07, 6.45) is 2.50. The molecule has 7 heteroatoms. The van der Waals surface area contributed by atoms with E-state index in [1.807, 2.05) is 0 Å². The summed E-state index contributed by atoms with van der Waals surface area (Å²) in [5.41, 5.74) is 0.494. The summed E-state index contributed by atoms with van der Waals surface area (Å²) in [6, 6.07) is 6.12. The summed E-state index contributed by atoms with van der Waals surface area (Å²) in [4.78, 5) is 35.4. The highest BCUT2D eigenvalue weighted by Gasteiger charge is 2.38. The van der Waals surface area contributed by atoms with Crippen molar-refractivity contribution in [3.63, 3.8) is 0 Å². The van der Waals surface area contributed by atoms with Gasteiger partial charge in [0.15, 0.2) is 11.0 Å². The number of carbonyl (C=O) groups is 2. The molecular formula is C16H13NO6. The molecule has 3 rings (SSSR count). The van der Waals surface area contributed by atoms with Crippen LogP contribution in [0.25, 0.3) is 11.0 Å². The standard InChI is InChI=1S/C16H13NO6/c1-16(2)22-14(19)11(15(20)23-16)8-17-9-3-4-13-10(7-9)12(18)5-6-21-13/h3-8,17H,1-2H3. The van der Waals surface area contributed by atoms with Crippen LogP contribution in [0, 0.1) is 0 Å². The Balaban J connectivity index is 1.88. The first-order valence-electron chi connectivity index (χ1n) is 6.81. The number of cyclic esters (lactones) is 2. The van der Waals surface area contributed by atoms with Crippen LogP contribution >= 0.6 is 0 Å². The molecule has 1 N–H and O–H groups in total. The minimum Gasteiger partial charge on any atom is -0.464 e. The van der Waals surface area contributed by atoms with Crippen LogP contribution in [0.4, 0.5) is 5.69 Å². The molecule has 0 saturated carbocycles. The predicted octanol–water partition coefficient (Wildman–Crippen LogP) is 1.92. The van der Waals surface area contributed by atoms with Gasteiger partial charge < -0.3 is 19.2 Å². The van der Waals surface area contributed by atoms with Crippen LogP contribution in [0.3, 0.4) is 0 Å². The molecule has 0 amide bonds. The van der Waals surface area contributed by atoms with Gasteiger partial charge in [0.1, 0.15) is 5.58 Å². The van der Waals surface area contributed by atoms with Crippen LogP contribution in [0.2, 0.25) is 0 Å². The van der Waals surface area contributed by atoms with Crippen molar-refractivity contribution < 1.29 is 23.5 Å². The van der Waals surface area contributed by atoms with Crippen molar-refractivity contribution in [2.24, 2.45) is 0 Å². The van der Waals surface area contributed by atoms with E-state index in [2.05, 4.69) is 5.32 Å². The molecule has 1 aromatic heterocycles. The first-order valence-corrected chi connectivity index (χ1v) is 6.81. The van der Waals surface area contributed by atoms with Crippen molar-refractivity contribution >= 4 is 28.6 Å². The molecule has 0 radical (unpaired) electrons. The lowest BCUT2D eigenvalue weighted by Crippen LogP contribution is -2.42. The fourth-order valence-electron chi connectivity index (χ4n) is 2.11. The molecule has 1 aromatic carbocycles. The van der Waals surface area contributed by atoms with Gasteiger partial charge in [-0.25, -0.2) is 9.59 Å². The summed E-state index contributed by atoms with van der Waals surface area (Å²) >= 11 is 0. The average Bonchev–Trinajstić information content (AvgIpc) is 2.46. The maximum absolute atomic E-state index is 11.8. The Kier molecular flexibility index (Phi) is 3.40. The second-order valence-electron chi connectivity index (χ2n) is 5.38. The molecule has 0 unspecified atom stereocenters. The van der Waals surface area contributed by atoms with Crippen LogP contribution in [-0.4, -0.2) is 17.7 Å². The van der Waals surface area contributed by atoms with Crippen LogP contribution in [0.15, 0.2) is 51.5 Å². The van der Waals surface area contributed by atoms with Gasteiger partial charge in [0, 0.05) is 31.8 Å². The highest BCUT2D eigenvalue weighted by Crippen LogP contribution is 2.23. The minimum atomic E-state index is -1.28. The number of carbonyl (C=O) groups excluding carboxylic acids is 2. The molecule has 1 aliphatic heterocycles. The first-order chi connectivity index (χ1) is 10.9. The Morgan fingerprint density at radius 3 is 2.43 bits per heavy atom. The number of rotatable bonds is 2. The molecule has 0 bridgehead atoms. The summed E-state index contributed by atoms with van der Waals surface area (Å²) in [5, 5.41) is 3.16. The maximum atomic E-state index is 11.8. The molecule has 0 atom stereocenters. The lowest BCUT2D eigenvalue weighted by atomic mass is 10.2. The Labute approximate surface area is 130 Å². The Bertz CT molecular complexity index is 871. The Hall–Kier alpha value is -3.09. The molecule has 1 fully saturated rings. The van der Waals surface area contributed by atoms with E-state index in [1.165, 1.54) is 32.4 Å². The number of hydrogen-bond acceptors (Lipinski definition) is 7. The zero-order valence-electron chi connectivity index (χ0n) is 12.4. The zero-order valence-corrected chi connectivity index (χ0v) is 12.4. The van der Waals surface area contributed by atoms with Crippen molar-refractivity contribution in [1.82, 2.24) is 0 Å². The van der Waals surface area contributed by atoms with Crippen LogP contribution in [0.1, 0.15) is 13.8 Å². The van der Waals surface area contributed by atoms with Gasteiger partial charge in [-0.05, 0) is 18.2 Å². The van der Waals surface area contributed by atoms with E-state index in [-0.39, 0.29) is 11.0 Å². The Morgan fingerprint density at radius 1 is 1.04 bits per heavy atom. The normalized spacial score (nSPS) is 16.7. The quantitative estimate of drug-likeness (QED) is 0.514. The van der Waals surface area contributed by atoms with Gasteiger partial charge in [0.2, 0.25) is 0 Å². The van der Waals surface area contributed by atoms with Gasteiger partial charge in [-0.15, -0.1) is 0 Å². The van der Waals surface area contributed by atoms with E-state index in [0.29, 0.717) is 16.7 Å². The summed E-state index contributed by atoms with van der Waals surface area (Å²) in [7, 11) is 0. The van der Waals surface area contributed by atoms with E-state index >= 15 is 0 Å². The number of anilines is 1. The van der Waals surface area contributed by atoms with E-state index in [4.69, 9.17) is 13.9 Å². The number of hydrogen-bond donors (Lipinski definition) is 1. The highest BCUT2D eigenvalue weighted by molar-refractivity contribution is 6.15. The smallest absolute Gasteiger partial charge is 0.350 e. The summed E-state index contributed by atoms with van der Waals surface area (Å²) < 4.78 is 15.2. The molecule has 1 saturated heterocycles. The van der Waals surface area contributed by atoms with Crippen molar-refractivity contribution in [3.05, 3.63) is 52.5 Å². The van der Waals surface area contributed by atoms with Gasteiger partial charge in [0.05, 0.1) is 11.6 Å². The van der Waals surface area contributed by atoms with Gasteiger partial charge in [-0.3, -0.25) is 4.79 Å². The third kappa shape index (κ3) is 2.94. The van der Waals surface area contributed by atoms with Crippen LogP contribution in [-0.2, 0) is 19.1 Å². The second-order valence-corrected chi connectivity index (χ2v) is 5.38. The van der Waals surface area contributed by atoms with Crippen molar-refractivity contribution in [1.29, 1.82) is 0 Å². The number of benzene rings is 1. The molecule has 118 valence electrons. The van der Waals surface area contributed by atoms with E-state index in [1.54, 1.807) is 18.2 Å². The second kappa shape index (κ2) is 5.28. The van der Waals surface area contributed by atoms with Crippen molar-refractivity contribution in [2.45, 2.75) is 19.6 Å². The summed E-state index contributed by atoms with van der Waals surface area (Å²) in [6.45, 7) is 2.94. The maximum Gasteiger partial charge on any atom is 0.350 e. The van der Waals surface area contributed by atoms with E-state index < -0.39 is 17.7 Å². The average molecular weight is 315 g/mol. The third-order valence-corrected chi connectivity index (χ3v) is 3.16. The summed E-state index contributed by atoms with van der Waals surface area (Å²) in [5.74, 6) is -2.84. The number of fused-ring (bicyclic) bond motifs is 1. The molecule has 1 aliphatic rings. The SMILES string of the molecule is CC1(C)OC(=O)C(=CNc2ccc3occc(=O)c3c2)C(=O)O1. The van der Waals surface area contributed by atoms with E-state index in [0.717, 1.165) is 0 Å². The molecular weight excluding hydrogens is 302 g/mol. The van der Waals surface area contributed by atoms with Gasteiger partial charge in [0.25, 0.3) is 5.79 Å². The highest BCUT2D eigenvalue weighted by atomic mass is 16.7. The topological polar surface area (TPSA) is 94.8 Å². The molecule has 7 nitrogen and oxygen atoms in total. The van der Waals surface area contributed by atoms with Gasteiger partial charge in [-0.2, -0.15) is 0 Å². The molecule has 2 aromatic rings. The fraction of sp³-hybridized carbons (Fsp3) is 0.188. The van der Waals surface area contributed by atoms with Crippen molar-refractivity contribution in [2.75, 3.05) is 5.32 Å². The van der Waals surface area contributed by atoms with Gasteiger partial charge in [-0.1, -0.05) is 0 Å². The number of nitrogens with one attached hydrogen (secondary N) is 1. The third-order valence-electron chi connectivity index (χ3n) is 3.16. The predicted molar refractivity (Wildman–Crippen MR) is 80.5 cm³/mol. The lowest BCUT2D eigenvalue weighted by molar-refractivity contribution is -0.222. The molecule has 2 heterocycles. The Morgan fingerprint density at radius 2 is 1.74 bits per heavy atom. The molecule has 0 spiro atoms. The lowest BCUT2D eigenvalue weighted by Gasteiger charge is -2.29. The number of esters is 2. The molecule has 23 heavy (non-hydrogen) atoms.